The van der Waals surface area contributed by atoms with Crippen LogP contribution in [0.2, 0.25) is 0 Å². The summed E-state index contributed by atoms with van der Waals surface area (Å²) in [5.74, 6) is -1.35. The zero-order valence-corrected chi connectivity index (χ0v) is 23.6. The number of phenols is 2. The lowest BCUT2D eigenvalue weighted by atomic mass is 9.97. The van der Waals surface area contributed by atoms with E-state index in [4.69, 9.17) is 28.1 Å². The van der Waals surface area contributed by atoms with Crippen LogP contribution in [-0.2, 0) is 23.7 Å². The predicted molar refractivity (Wildman–Crippen MR) is 148 cm³/mol. The quantitative estimate of drug-likeness (QED) is 0.130. The third kappa shape index (κ3) is 6.74. The fourth-order valence-corrected chi connectivity index (χ4v) is 5.03. The van der Waals surface area contributed by atoms with Gasteiger partial charge in [-0.05, 0) is 24.3 Å². The zero-order valence-electron chi connectivity index (χ0n) is 23.6. The summed E-state index contributed by atoms with van der Waals surface area (Å²) in [6, 6.07) is 9.22. The molecule has 2 saturated heterocycles. The van der Waals surface area contributed by atoms with Crippen molar-refractivity contribution in [3.8, 4) is 28.6 Å². The Morgan fingerprint density at radius 2 is 1.51 bits per heavy atom. The summed E-state index contributed by atoms with van der Waals surface area (Å²) in [5, 5.41) is 82.4. The molecule has 0 aliphatic carbocycles. The third-order valence-electron chi connectivity index (χ3n) is 7.42. The number of benzene rings is 2. The fourth-order valence-electron chi connectivity index (χ4n) is 5.03. The molecule has 2 aromatic carbocycles. The van der Waals surface area contributed by atoms with Gasteiger partial charge >= 0.3 is 5.97 Å². The molecule has 8 N–H and O–H groups in total. The van der Waals surface area contributed by atoms with Gasteiger partial charge in [-0.25, -0.2) is 0 Å². The molecule has 2 aliphatic heterocycles. The Bertz CT molecular complexity index is 1560. The number of aliphatic hydroxyl groups excluding tert-OH is 6. The Hall–Kier alpha value is -3.84. The summed E-state index contributed by atoms with van der Waals surface area (Å²) >= 11 is 0. The number of carbonyl (C=O) groups excluding carboxylic acids is 1. The van der Waals surface area contributed by atoms with Crippen LogP contribution >= 0.6 is 0 Å². The first-order valence-electron chi connectivity index (χ1n) is 13.8. The lowest BCUT2D eigenvalue weighted by molar-refractivity contribution is -0.358. The average Bonchev–Trinajstić information content (AvgIpc) is 2.99. The normalized spacial score (nSPS) is 31.9. The van der Waals surface area contributed by atoms with Crippen LogP contribution in [0.5, 0.6) is 17.2 Å². The van der Waals surface area contributed by atoms with E-state index in [1.54, 1.807) is 0 Å². The van der Waals surface area contributed by atoms with E-state index in [-0.39, 0.29) is 28.2 Å². The topological polar surface area (TPSA) is 255 Å². The SMILES string of the molecule is CC(=O)OCC1O[C@@H](OC2[C@H](Oc3cc(O)c4c(=O)cc(-c5ccc(O)cc5)oc4c3)OC(CO)[C@@H](O)[C@@H]2O)C(O)[C@@H](O)[C@@H]1O. The van der Waals surface area contributed by atoms with E-state index in [9.17, 15) is 50.4 Å². The fraction of sp³-hybridized carbons (Fsp3) is 0.448. The molecule has 0 saturated carbocycles. The monoisotopic (exact) mass is 636 g/mol. The molecule has 0 spiro atoms. The van der Waals surface area contributed by atoms with Crippen LogP contribution in [0.25, 0.3) is 22.3 Å². The average molecular weight is 637 g/mol. The molecule has 45 heavy (non-hydrogen) atoms. The molecule has 10 atom stereocenters. The molecule has 16 nitrogen and oxygen atoms in total. The zero-order chi connectivity index (χ0) is 32.6. The van der Waals surface area contributed by atoms with Gasteiger partial charge in [0, 0.05) is 30.7 Å². The first kappa shape index (κ1) is 32.6. The highest BCUT2D eigenvalue weighted by Crippen LogP contribution is 2.35. The van der Waals surface area contributed by atoms with Crippen LogP contribution in [0.15, 0.2) is 51.7 Å². The molecule has 3 aromatic rings. The van der Waals surface area contributed by atoms with Gasteiger partial charge in [0.25, 0.3) is 0 Å². The van der Waals surface area contributed by atoms with Crippen LogP contribution in [0, 0.1) is 0 Å². The molecule has 16 heteroatoms. The maximum Gasteiger partial charge on any atom is 0.302 e. The van der Waals surface area contributed by atoms with E-state index in [0.717, 1.165) is 19.1 Å². The number of fused-ring (bicyclic) bond motifs is 1. The maximum absolute atomic E-state index is 12.8. The second-order valence-electron chi connectivity index (χ2n) is 10.6. The highest BCUT2D eigenvalue weighted by atomic mass is 16.8. The number of ether oxygens (including phenoxy) is 5. The van der Waals surface area contributed by atoms with E-state index in [1.807, 2.05) is 0 Å². The van der Waals surface area contributed by atoms with E-state index < -0.39 is 91.8 Å². The molecule has 3 heterocycles. The maximum atomic E-state index is 12.8. The minimum Gasteiger partial charge on any atom is -0.508 e. The number of aromatic hydroxyl groups is 2. The molecule has 0 radical (unpaired) electrons. The first-order chi connectivity index (χ1) is 21.4. The van der Waals surface area contributed by atoms with E-state index in [1.165, 1.54) is 30.3 Å². The van der Waals surface area contributed by atoms with Crippen molar-refractivity contribution in [1.82, 2.24) is 0 Å². The highest BCUT2D eigenvalue weighted by molar-refractivity contribution is 5.86. The first-order valence-corrected chi connectivity index (χ1v) is 13.8. The van der Waals surface area contributed by atoms with E-state index in [0.29, 0.717) is 5.56 Å². The van der Waals surface area contributed by atoms with Crippen molar-refractivity contribution in [2.24, 2.45) is 0 Å². The number of carbonyl (C=O) groups is 1. The molecule has 244 valence electrons. The predicted octanol–water partition coefficient (Wildman–Crippen LogP) is -1.56. The van der Waals surface area contributed by atoms with Crippen molar-refractivity contribution >= 4 is 16.9 Å². The van der Waals surface area contributed by atoms with Gasteiger partial charge in [0.05, 0.1) is 6.61 Å². The van der Waals surface area contributed by atoms with Crippen molar-refractivity contribution in [1.29, 1.82) is 0 Å². The molecule has 0 bridgehead atoms. The molecule has 5 rings (SSSR count). The summed E-state index contributed by atoms with van der Waals surface area (Å²) in [6.07, 6.45) is -16.9. The number of phenolic OH excluding ortho intramolecular Hbond substituents is 2. The van der Waals surface area contributed by atoms with Crippen molar-refractivity contribution < 1.29 is 73.7 Å². The van der Waals surface area contributed by atoms with Gasteiger partial charge in [-0.15, -0.1) is 0 Å². The van der Waals surface area contributed by atoms with E-state index in [2.05, 4.69) is 0 Å². The standard InChI is InChI=1S/C29H32O16/c1-11(31)40-10-20-23(36)24(37)26(39)28(44-20)45-27-25(38)22(35)19(9-30)43-29(27)41-14-6-15(33)21-16(34)8-17(42-18(21)7-14)12-2-4-13(32)5-3-12/h2-8,19-20,22-30,32-33,35-39H,9-10H2,1H3/t19?,20?,22-,23-,24+,25+,26?,27?,28+,29-/m1/s1. The molecular weight excluding hydrogens is 604 g/mol. The van der Waals surface area contributed by atoms with Gasteiger partial charge in [-0.2, -0.15) is 0 Å². The Morgan fingerprint density at radius 1 is 0.844 bits per heavy atom. The summed E-state index contributed by atoms with van der Waals surface area (Å²) < 4.78 is 33.3. The molecule has 2 aliphatic rings. The number of rotatable bonds is 8. The van der Waals surface area contributed by atoms with Crippen molar-refractivity contribution in [2.45, 2.75) is 68.3 Å². The summed E-state index contributed by atoms with van der Waals surface area (Å²) in [5.41, 5.74) is -0.274. The lowest BCUT2D eigenvalue weighted by Crippen LogP contribution is -2.65. The molecule has 0 amide bonds. The van der Waals surface area contributed by atoms with Gasteiger partial charge in [0.2, 0.25) is 6.29 Å². The van der Waals surface area contributed by atoms with Crippen molar-refractivity contribution in [2.75, 3.05) is 13.2 Å². The van der Waals surface area contributed by atoms with Crippen LogP contribution in [-0.4, -0.2) is 121 Å². The Kier molecular flexibility index (Phi) is 9.59. The molecule has 2 fully saturated rings. The second-order valence-corrected chi connectivity index (χ2v) is 10.6. The van der Waals surface area contributed by atoms with Crippen molar-refractivity contribution in [3.05, 3.63) is 52.7 Å². The lowest BCUT2D eigenvalue weighted by Gasteiger charge is -2.45. The number of hydrogen-bond donors (Lipinski definition) is 8. The summed E-state index contributed by atoms with van der Waals surface area (Å²) in [7, 11) is 0. The Morgan fingerprint density at radius 3 is 2.18 bits per heavy atom. The van der Waals surface area contributed by atoms with Gasteiger partial charge in [-0.3, -0.25) is 9.59 Å². The van der Waals surface area contributed by atoms with Crippen LogP contribution in [0.4, 0.5) is 0 Å². The van der Waals surface area contributed by atoms with Gasteiger partial charge in [0.1, 0.15) is 83.3 Å². The summed E-state index contributed by atoms with van der Waals surface area (Å²) in [6.45, 7) is -0.182. The van der Waals surface area contributed by atoms with Gasteiger partial charge in [0.15, 0.2) is 17.8 Å². The number of aliphatic hydroxyl groups is 6. The minimum absolute atomic E-state index is 0.00953. The number of esters is 1. The van der Waals surface area contributed by atoms with Gasteiger partial charge < -0.3 is 69.0 Å². The van der Waals surface area contributed by atoms with Crippen LogP contribution in [0.1, 0.15) is 6.92 Å². The number of hydrogen-bond acceptors (Lipinski definition) is 16. The van der Waals surface area contributed by atoms with Crippen molar-refractivity contribution in [3.63, 3.8) is 0 Å². The van der Waals surface area contributed by atoms with E-state index >= 15 is 0 Å². The minimum atomic E-state index is -1.90. The molecule has 4 unspecified atom stereocenters. The Balaban J connectivity index is 1.45. The second kappa shape index (κ2) is 13.3. The Labute approximate surface area is 253 Å². The third-order valence-corrected chi connectivity index (χ3v) is 7.42. The smallest absolute Gasteiger partial charge is 0.302 e. The van der Waals surface area contributed by atoms with Crippen LogP contribution < -0.4 is 10.2 Å². The van der Waals surface area contributed by atoms with Gasteiger partial charge in [-0.1, -0.05) is 0 Å². The molecular formula is C29H32O16. The van der Waals surface area contributed by atoms with Crippen LogP contribution in [0.3, 0.4) is 0 Å². The highest BCUT2D eigenvalue weighted by Gasteiger charge is 2.51. The largest absolute Gasteiger partial charge is 0.508 e. The molecule has 1 aromatic heterocycles. The summed E-state index contributed by atoms with van der Waals surface area (Å²) in [4.78, 5) is 24.1.